The minimum Gasteiger partial charge on any atom is -0.497 e. The van der Waals surface area contributed by atoms with Gasteiger partial charge in [-0.25, -0.2) is 0 Å². The maximum Gasteiger partial charge on any atom is 0.122 e. The summed E-state index contributed by atoms with van der Waals surface area (Å²) in [5.41, 5.74) is 6.75. The highest BCUT2D eigenvalue weighted by Crippen LogP contribution is 2.25. The van der Waals surface area contributed by atoms with Crippen LogP contribution in [0.2, 0.25) is 0 Å². The fraction of sp³-hybridized carbons (Fsp3) is 0.625. The van der Waals surface area contributed by atoms with Gasteiger partial charge in [-0.3, -0.25) is 4.90 Å². The largest absolute Gasteiger partial charge is 0.497 e. The maximum atomic E-state index is 5.96. The summed E-state index contributed by atoms with van der Waals surface area (Å²) in [7, 11) is 1.66. The number of rotatable bonds is 7. The van der Waals surface area contributed by atoms with Crippen LogP contribution in [0.25, 0.3) is 0 Å². The van der Waals surface area contributed by atoms with Crippen LogP contribution in [0.1, 0.15) is 12.5 Å². The molecule has 2 N–H and O–H groups in total. The van der Waals surface area contributed by atoms with Gasteiger partial charge in [0, 0.05) is 13.1 Å². The molecule has 0 radical (unpaired) electrons. The van der Waals surface area contributed by atoms with Gasteiger partial charge in [-0.2, -0.15) is 0 Å². The first-order chi connectivity index (χ1) is 10.3. The molecule has 1 aromatic carbocycles. The highest BCUT2D eigenvalue weighted by molar-refractivity contribution is 5.40. The summed E-state index contributed by atoms with van der Waals surface area (Å²) in [6.07, 6.45) is 0.908. The first-order valence-corrected chi connectivity index (χ1v) is 7.60. The van der Waals surface area contributed by atoms with E-state index in [1.807, 2.05) is 18.2 Å². The average molecular weight is 294 g/mol. The lowest BCUT2D eigenvalue weighted by molar-refractivity contribution is -0.0465. The molecule has 21 heavy (non-hydrogen) atoms. The molecular weight excluding hydrogens is 268 g/mol. The Morgan fingerprint density at radius 1 is 1.43 bits per heavy atom. The predicted octanol–water partition coefficient (Wildman–Crippen LogP) is 1.30. The van der Waals surface area contributed by atoms with E-state index < -0.39 is 0 Å². The number of methoxy groups -OCH3 is 1. The number of morpholine rings is 1. The first kappa shape index (κ1) is 16.1. The van der Waals surface area contributed by atoms with Crippen molar-refractivity contribution in [2.24, 2.45) is 5.73 Å². The van der Waals surface area contributed by atoms with Crippen molar-refractivity contribution in [3.05, 3.63) is 23.8 Å². The standard InChI is InChI=1S/C16H26N2O3/c1-3-18-8-9-20-15(11-18)12-21-16-5-4-14(19-2)10-13(16)6-7-17/h4-5,10,15H,3,6-9,11-12,17H2,1-2H3. The van der Waals surface area contributed by atoms with Crippen LogP contribution in [-0.4, -0.2) is 57.5 Å². The fourth-order valence-electron chi connectivity index (χ4n) is 2.53. The molecule has 1 unspecified atom stereocenters. The molecule has 1 aromatic rings. The van der Waals surface area contributed by atoms with Crippen LogP contribution in [0, 0.1) is 0 Å². The topological polar surface area (TPSA) is 57.0 Å². The molecule has 5 nitrogen and oxygen atoms in total. The Hall–Kier alpha value is -1.30. The van der Waals surface area contributed by atoms with Gasteiger partial charge in [-0.05, 0) is 43.3 Å². The predicted molar refractivity (Wildman–Crippen MR) is 83.1 cm³/mol. The SMILES string of the molecule is CCN1CCOC(COc2ccc(OC)cc2CCN)C1. The van der Waals surface area contributed by atoms with Crippen molar-refractivity contribution < 1.29 is 14.2 Å². The summed E-state index contributed by atoms with van der Waals surface area (Å²) >= 11 is 0. The smallest absolute Gasteiger partial charge is 0.122 e. The molecule has 1 aliphatic heterocycles. The zero-order valence-corrected chi connectivity index (χ0v) is 13.0. The number of hydrogen-bond donors (Lipinski definition) is 1. The van der Waals surface area contributed by atoms with E-state index in [0.717, 1.165) is 49.7 Å². The third-order valence-electron chi connectivity index (χ3n) is 3.78. The van der Waals surface area contributed by atoms with E-state index in [4.69, 9.17) is 19.9 Å². The summed E-state index contributed by atoms with van der Waals surface area (Å²) in [6.45, 7) is 7.10. The van der Waals surface area contributed by atoms with E-state index >= 15 is 0 Å². The Labute approximate surface area is 127 Å². The van der Waals surface area contributed by atoms with Crippen molar-refractivity contribution in [3.63, 3.8) is 0 Å². The molecule has 0 spiro atoms. The fourth-order valence-corrected chi connectivity index (χ4v) is 2.53. The lowest BCUT2D eigenvalue weighted by atomic mass is 10.1. The minimum absolute atomic E-state index is 0.131. The molecule has 1 heterocycles. The number of benzene rings is 1. The van der Waals surface area contributed by atoms with Gasteiger partial charge in [-0.1, -0.05) is 6.92 Å². The van der Waals surface area contributed by atoms with Gasteiger partial charge in [0.15, 0.2) is 0 Å². The molecule has 5 heteroatoms. The second-order valence-corrected chi connectivity index (χ2v) is 5.21. The summed E-state index contributed by atoms with van der Waals surface area (Å²) in [5, 5.41) is 0. The monoisotopic (exact) mass is 294 g/mol. The Bertz CT molecular complexity index is 440. The second kappa shape index (κ2) is 8.22. The number of nitrogens with zero attached hydrogens (tertiary/aromatic N) is 1. The van der Waals surface area contributed by atoms with Crippen LogP contribution >= 0.6 is 0 Å². The van der Waals surface area contributed by atoms with Gasteiger partial charge in [0.1, 0.15) is 24.2 Å². The molecule has 2 rings (SSSR count). The maximum absolute atomic E-state index is 5.96. The molecule has 1 saturated heterocycles. The van der Waals surface area contributed by atoms with Crippen molar-refractivity contribution in [2.45, 2.75) is 19.4 Å². The van der Waals surface area contributed by atoms with Gasteiger partial charge in [0.05, 0.1) is 13.7 Å². The summed E-state index contributed by atoms with van der Waals surface area (Å²) in [6, 6.07) is 5.85. The van der Waals surface area contributed by atoms with Crippen LogP contribution in [0.3, 0.4) is 0 Å². The normalized spacial score (nSPS) is 19.5. The molecule has 0 saturated carbocycles. The molecule has 118 valence electrons. The van der Waals surface area contributed by atoms with Gasteiger partial charge >= 0.3 is 0 Å². The zero-order valence-electron chi connectivity index (χ0n) is 13.0. The minimum atomic E-state index is 0.131. The number of ether oxygens (including phenoxy) is 3. The molecule has 1 fully saturated rings. The Morgan fingerprint density at radius 2 is 2.29 bits per heavy atom. The van der Waals surface area contributed by atoms with Crippen molar-refractivity contribution in [1.82, 2.24) is 4.90 Å². The quantitative estimate of drug-likeness (QED) is 0.821. The van der Waals surface area contributed by atoms with E-state index in [1.54, 1.807) is 7.11 Å². The van der Waals surface area contributed by atoms with E-state index in [1.165, 1.54) is 0 Å². The Morgan fingerprint density at radius 3 is 3.00 bits per heavy atom. The summed E-state index contributed by atoms with van der Waals surface area (Å²) in [4.78, 5) is 2.38. The second-order valence-electron chi connectivity index (χ2n) is 5.21. The van der Waals surface area contributed by atoms with Crippen molar-refractivity contribution in [1.29, 1.82) is 0 Å². The van der Waals surface area contributed by atoms with Crippen LogP contribution < -0.4 is 15.2 Å². The zero-order chi connectivity index (χ0) is 15.1. The number of hydrogen-bond acceptors (Lipinski definition) is 5. The Balaban J connectivity index is 1.95. The number of nitrogens with two attached hydrogens (primary N) is 1. The van der Waals surface area contributed by atoms with Gasteiger partial charge in [0.25, 0.3) is 0 Å². The molecule has 0 aliphatic carbocycles. The van der Waals surface area contributed by atoms with Gasteiger partial charge in [0.2, 0.25) is 0 Å². The van der Waals surface area contributed by atoms with Crippen LogP contribution in [0.4, 0.5) is 0 Å². The first-order valence-electron chi connectivity index (χ1n) is 7.60. The van der Waals surface area contributed by atoms with Crippen molar-refractivity contribution in [2.75, 3.05) is 46.5 Å². The molecule has 0 amide bonds. The van der Waals surface area contributed by atoms with E-state index in [0.29, 0.717) is 13.2 Å². The van der Waals surface area contributed by atoms with Crippen molar-refractivity contribution >= 4 is 0 Å². The highest BCUT2D eigenvalue weighted by Gasteiger charge is 2.20. The molecular formula is C16H26N2O3. The molecule has 1 atom stereocenters. The van der Waals surface area contributed by atoms with Gasteiger partial charge < -0.3 is 19.9 Å². The van der Waals surface area contributed by atoms with Crippen LogP contribution in [0.15, 0.2) is 18.2 Å². The molecule has 1 aliphatic rings. The van der Waals surface area contributed by atoms with Gasteiger partial charge in [-0.15, -0.1) is 0 Å². The lowest BCUT2D eigenvalue weighted by Crippen LogP contribution is -2.44. The summed E-state index contributed by atoms with van der Waals surface area (Å²) < 4.78 is 17.0. The highest BCUT2D eigenvalue weighted by atomic mass is 16.5. The van der Waals surface area contributed by atoms with Crippen LogP contribution in [0.5, 0.6) is 11.5 Å². The summed E-state index contributed by atoms with van der Waals surface area (Å²) in [5.74, 6) is 1.70. The average Bonchev–Trinajstić information content (AvgIpc) is 2.54. The van der Waals surface area contributed by atoms with Crippen molar-refractivity contribution in [3.8, 4) is 11.5 Å². The van der Waals surface area contributed by atoms with E-state index in [9.17, 15) is 0 Å². The third kappa shape index (κ3) is 4.59. The molecule has 0 aromatic heterocycles. The molecule has 0 bridgehead atoms. The lowest BCUT2D eigenvalue weighted by Gasteiger charge is -2.32. The van der Waals surface area contributed by atoms with Crippen LogP contribution in [-0.2, 0) is 11.2 Å². The van der Waals surface area contributed by atoms with E-state index in [-0.39, 0.29) is 6.10 Å². The van der Waals surface area contributed by atoms with E-state index in [2.05, 4.69) is 11.8 Å². The third-order valence-corrected chi connectivity index (χ3v) is 3.78. The number of likely N-dealkylation sites (N-methyl/N-ethyl adjacent to an activating group) is 1. The Kier molecular flexibility index (Phi) is 6.29.